The highest BCUT2D eigenvalue weighted by Crippen LogP contribution is 2.42. The molecule has 1 heterocycles. The summed E-state index contributed by atoms with van der Waals surface area (Å²) >= 11 is 0. The third kappa shape index (κ3) is 4.08. The molecule has 0 radical (unpaired) electrons. The van der Waals surface area contributed by atoms with Crippen molar-refractivity contribution in [2.24, 2.45) is 0 Å². The van der Waals surface area contributed by atoms with E-state index in [1.807, 2.05) is 19.1 Å². The number of ether oxygens (including phenoxy) is 1. The molecule has 152 valence electrons. The van der Waals surface area contributed by atoms with E-state index in [0.29, 0.717) is 19.1 Å². The molecule has 0 unspecified atom stereocenters. The van der Waals surface area contributed by atoms with Gasteiger partial charge in [-0.1, -0.05) is 48.5 Å². The van der Waals surface area contributed by atoms with E-state index in [1.165, 1.54) is 28.9 Å². The lowest BCUT2D eigenvalue weighted by atomic mass is 9.92. The van der Waals surface area contributed by atoms with Crippen molar-refractivity contribution < 1.29 is 9.53 Å². The maximum absolute atomic E-state index is 13.0. The van der Waals surface area contributed by atoms with Crippen LogP contribution in [0.3, 0.4) is 0 Å². The van der Waals surface area contributed by atoms with Crippen molar-refractivity contribution in [1.29, 1.82) is 0 Å². The number of fused-ring (bicyclic) bond motifs is 1. The van der Waals surface area contributed by atoms with Gasteiger partial charge in [0.05, 0.1) is 6.61 Å². The lowest BCUT2D eigenvalue weighted by Crippen LogP contribution is -2.51. The zero-order chi connectivity index (χ0) is 20.2. The molecular weight excluding hydrogens is 360 g/mol. The number of rotatable bonds is 6. The number of hydrogen-bond acceptors (Lipinski definition) is 4. The van der Waals surface area contributed by atoms with Crippen molar-refractivity contribution in [2.75, 3.05) is 18.6 Å². The SMILES string of the molecule is CCOC(=O)[C@H]1CC(N(C)c2ccccc2)=C2CCC[C@H]2N1Cc1ccccc1. The topological polar surface area (TPSA) is 32.8 Å². The average molecular weight is 391 g/mol. The molecule has 2 atom stereocenters. The van der Waals surface area contributed by atoms with Crippen LogP contribution in [0.2, 0.25) is 0 Å². The van der Waals surface area contributed by atoms with E-state index in [4.69, 9.17) is 4.74 Å². The van der Waals surface area contributed by atoms with Gasteiger partial charge in [-0.2, -0.15) is 0 Å². The Morgan fingerprint density at radius 1 is 1.10 bits per heavy atom. The van der Waals surface area contributed by atoms with E-state index in [9.17, 15) is 4.79 Å². The van der Waals surface area contributed by atoms with Crippen LogP contribution in [0.15, 0.2) is 71.9 Å². The smallest absolute Gasteiger partial charge is 0.323 e. The number of anilines is 1. The predicted octanol–water partition coefficient (Wildman–Crippen LogP) is 4.77. The molecule has 4 rings (SSSR count). The van der Waals surface area contributed by atoms with Gasteiger partial charge in [-0.3, -0.25) is 9.69 Å². The molecule has 1 aliphatic heterocycles. The van der Waals surface area contributed by atoms with Crippen LogP contribution in [0, 0.1) is 0 Å². The summed E-state index contributed by atoms with van der Waals surface area (Å²) in [4.78, 5) is 17.7. The second-order valence-corrected chi connectivity index (χ2v) is 7.90. The van der Waals surface area contributed by atoms with Gasteiger partial charge in [0.1, 0.15) is 6.04 Å². The Labute approximate surface area is 173 Å². The first-order valence-electron chi connectivity index (χ1n) is 10.7. The van der Waals surface area contributed by atoms with E-state index < -0.39 is 0 Å². The zero-order valence-electron chi connectivity index (χ0n) is 17.4. The highest BCUT2D eigenvalue weighted by molar-refractivity contribution is 5.77. The molecule has 0 aromatic heterocycles. The van der Waals surface area contributed by atoms with Gasteiger partial charge in [0, 0.05) is 37.4 Å². The Kier molecular flexibility index (Phi) is 6.00. The van der Waals surface area contributed by atoms with Gasteiger partial charge in [-0.25, -0.2) is 0 Å². The summed E-state index contributed by atoms with van der Waals surface area (Å²) in [5.41, 5.74) is 5.20. The molecule has 0 bridgehead atoms. The second kappa shape index (κ2) is 8.83. The van der Waals surface area contributed by atoms with E-state index in [1.54, 1.807) is 0 Å². The number of esters is 1. The summed E-state index contributed by atoms with van der Waals surface area (Å²) < 4.78 is 5.51. The Bertz CT molecular complexity index is 863. The van der Waals surface area contributed by atoms with Crippen LogP contribution < -0.4 is 4.90 Å². The molecule has 2 aliphatic rings. The molecule has 0 amide bonds. The first-order chi connectivity index (χ1) is 14.2. The van der Waals surface area contributed by atoms with Crippen molar-refractivity contribution in [3.05, 3.63) is 77.5 Å². The lowest BCUT2D eigenvalue weighted by molar-refractivity contribution is -0.151. The van der Waals surface area contributed by atoms with Gasteiger partial charge < -0.3 is 9.64 Å². The molecule has 29 heavy (non-hydrogen) atoms. The van der Waals surface area contributed by atoms with Gasteiger partial charge in [0.15, 0.2) is 0 Å². The highest BCUT2D eigenvalue weighted by Gasteiger charge is 2.43. The Balaban J connectivity index is 1.70. The minimum atomic E-state index is -0.247. The lowest BCUT2D eigenvalue weighted by Gasteiger charge is -2.43. The first kappa shape index (κ1) is 19.7. The molecule has 0 N–H and O–H groups in total. The van der Waals surface area contributed by atoms with Crippen LogP contribution in [0.5, 0.6) is 0 Å². The third-order valence-corrected chi connectivity index (χ3v) is 6.20. The molecule has 0 saturated heterocycles. The van der Waals surface area contributed by atoms with Gasteiger partial charge >= 0.3 is 5.97 Å². The fourth-order valence-electron chi connectivity index (χ4n) is 4.81. The van der Waals surface area contributed by atoms with E-state index in [2.05, 4.69) is 65.4 Å². The highest BCUT2D eigenvalue weighted by atomic mass is 16.5. The summed E-state index contributed by atoms with van der Waals surface area (Å²) in [5, 5.41) is 0. The van der Waals surface area contributed by atoms with Crippen molar-refractivity contribution in [2.45, 2.75) is 51.2 Å². The zero-order valence-corrected chi connectivity index (χ0v) is 17.4. The summed E-state index contributed by atoms with van der Waals surface area (Å²) in [7, 11) is 2.13. The number of carbonyl (C=O) groups is 1. The average Bonchev–Trinajstić information content (AvgIpc) is 3.25. The Morgan fingerprint density at radius 2 is 1.79 bits per heavy atom. The molecule has 0 spiro atoms. The summed E-state index contributed by atoms with van der Waals surface area (Å²) in [6.07, 6.45) is 4.08. The molecule has 2 aromatic carbocycles. The summed E-state index contributed by atoms with van der Waals surface area (Å²) in [6, 6.07) is 21.0. The number of hydrogen-bond donors (Lipinski definition) is 0. The number of nitrogens with zero attached hydrogens (tertiary/aromatic N) is 2. The number of para-hydroxylation sites is 1. The molecule has 1 fully saturated rings. The van der Waals surface area contributed by atoms with Gasteiger partial charge in [-0.05, 0) is 49.5 Å². The fraction of sp³-hybridized carbons (Fsp3) is 0.400. The van der Waals surface area contributed by atoms with Crippen LogP contribution in [-0.2, 0) is 16.1 Å². The monoisotopic (exact) mass is 390 g/mol. The normalized spacial score (nSPS) is 21.7. The van der Waals surface area contributed by atoms with Crippen molar-refractivity contribution in [1.82, 2.24) is 4.90 Å². The maximum atomic E-state index is 13.0. The van der Waals surface area contributed by atoms with Crippen molar-refractivity contribution in [3.63, 3.8) is 0 Å². The van der Waals surface area contributed by atoms with Crippen LogP contribution >= 0.6 is 0 Å². The molecule has 4 nitrogen and oxygen atoms in total. The van der Waals surface area contributed by atoms with Gasteiger partial charge in [0.2, 0.25) is 0 Å². The second-order valence-electron chi connectivity index (χ2n) is 7.90. The Hall–Kier alpha value is -2.59. The van der Waals surface area contributed by atoms with Crippen LogP contribution in [0.4, 0.5) is 5.69 Å². The number of carbonyl (C=O) groups excluding carboxylic acids is 1. The first-order valence-corrected chi connectivity index (χ1v) is 10.7. The maximum Gasteiger partial charge on any atom is 0.323 e. The predicted molar refractivity (Wildman–Crippen MR) is 117 cm³/mol. The molecule has 1 saturated carbocycles. The van der Waals surface area contributed by atoms with Gasteiger partial charge in [0.25, 0.3) is 0 Å². The fourth-order valence-corrected chi connectivity index (χ4v) is 4.81. The van der Waals surface area contributed by atoms with Crippen molar-refractivity contribution >= 4 is 11.7 Å². The van der Waals surface area contributed by atoms with Gasteiger partial charge in [-0.15, -0.1) is 0 Å². The molecule has 2 aromatic rings. The minimum absolute atomic E-state index is 0.103. The van der Waals surface area contributed by atoms with Crippen LogP contribution in [0.25, 0.3) is 0 Å². The van der Waals surface area contributed by atoms with Crippen LogP contribution in [0.1, 0.15) is 38.2 Å². The Morgan fingerprint density at radius 3 is 2.48 bits per heavy atom. The molecular formula is C25H30N2O2. The van der Waals surface area contributed by atoms with E-state index >= 15 is 0 Å². The molecule has 4 heteroatoms. The van der Waals surface area contributed by atoms with E-state index in [-0.39, 0.29) is 12.0 Å². The van der Waals surface area contributed by atoms with Crippen LogP contribution in [-0.4, -0.2) is 36.6 Å². The summed E-state index contributed by atoms with van der Waals surface area (Å²) in [6.45, 7) is 3.08. The number of benzene rings is 2. The van der Waals surface area contributed by atoms with Crippen molar-refractivity contribution in [3.8, 4) is 0 Å². The standard InChI is InChI=1S/C25H30N2O2/c1-3-29-25(28)24-17-23(26(2)20-13-8-5-9-14-20)21-15-10-16-22(21)27(24)18-19-11-6-4-7-12-19/h4-9,11-14,22,24H,3,10,15-18H2,1-2H3/t22-,24-/m1/s1. The largest absolute Gasteiger partial charge is 0.465 e. The summed E-state index contributed by atoms with van der Waals surface area (Å²) in [5.74, 6) is -0.103. The quantitative estimate of drug-likeness (QED) is 0.666. The minimum Gasteiger partial charge on any atom is -0.465 e. The van der Waals surface area contributed by atoms with E-state index in [0.717, 1.165) is 19.4 Å². The third-order valence-electron chi connectivity index (χ3n) is 6.20. The molecule has 1 aliphatic carbocycles.